The zero-order valence-corrected chi connectivity index (χ0v) is 12.1. The van der Waals surface area contributed by atoms with E-state index in [9.17, 15) is 0 Å². The Balaban J connectivity index is 1.72. The summed E-state index contributed by atoms with van der Waals surface area (Å²) in [5.41, 5.74) is 9.26. The average molecular weight is 282 g/mol. The van der Waals surface area contributed by atoms with Gasteiger partial charge in [-0.05, 0) is 36.2 Å². The van der Waals surface area contributed by atoms with Crippen molar-refractivity contribution >= 4 is 22.9 Å². The normalized spacial score (nSPS) is 18.2. The van der Waals surface area contributed by atoms with Crippen LogP contribution in [0.3, 0.4) is 0 Å². The van der Waals surface area contributed by atoms with Crippen LogP contribution in [0.25, 0.3) is 0 Å². The molecule has 2 N–H and O–H groups in total. The van der Waals surface area contributed by atoms with Gasteiger partial charge >= 0.3 is 0 Å². The molecule has 102 valence electrons. The van der Waals surface area contributed by atoms with Gasteiger partial charge in [0, 0.05) is 30.3 Å². The van der Waals surface area contributed by atoms with Gasteiger partial charge in [0.25, 0.3) is 0 Å². The van der Waals surface area contributed by atoms with E-state index in [1.54, 1.807) is 0 Å². The highest BCUT2D eigenvalue weighted by atomic mass is 32.1. The Hall–Kier alpha value is -1.87. The summed E-state index contributed by atoms with van der Waals surface area (Å²) in [4.78, 5) is 2.89. The summed E-state index contributed by atoms with van der Waals surface area (Å²) in [6.07, 6.45) is 1.21. The van der Waals surface area contributed by atoms with Gasteiger partial charge in [-0.15, -0.1) is 0 Å². The number of thiocarbonyl (C=S) groups is 1. The molecule has 2 aromatic rings. The molecule has 1 aliphatic heterocycles. The van der Waals surface area contributed by atoms with Crippen LogP contribution >= 0.6 is 12.2 Å². The summed E-state index contributed by atoms with van der Waals surface area (Å²) in [7, 11) is 0. The second kappa shape index (κ2) is 5.63. The fourth-order valence-corrected chi connectivity index (χ4v) is 2.96. The molecule has 1 aliphatic rings. The molecule has 0 aromatic heterocycles. The number of nitrogens with two attached hydrogens (primary N) is 1. The maximum absolute atomic E-state index is 5.63. The molecule has 0 saturated carbocycles. The Bertz CT molecular complexity index is 592. The third kappa shape index (κ3) is 2.68. The molecule has 2 aromatic carbocycles. The second-order valence-corrected chi connectivity index (χ2v) is 5.69. The molecule has 0 spiro atoms. The monoisotopic (exact) mass is 282 g/mol. The van der Waals surface area contributed by atoms with E-state index in [2.05, 4.69) is 47.4 Å². The molecule has 3 rings (SSSR count). The highest BCUT2D eigenvalue weighted by molar-refractivity contribution is 7.80. The number of anilines is 1. The van der Waals surface area contributed by atoms with Gasteiger partial charge in [-0.1, -0.05) is 42.5 Å². The molecule has 0 bridgehead atoms. The Morgan fingerprint density at radius 1 is 1.05 bits per heavy atom. The Morgan fingerprint density at radius 3 is 2.40 bits per heavy atom. The first-order valence-corrected chi connectivity index (χ1v) is 7.34. The van der Waals surface area contributed by atoms with Crippen LogP contribution < -0.4 is 10.6 Å². The number of rotatable bonds is 3. The maximum Gasteiger partial charge on any atom is 0.103 e. The van der Waals surface area contributed by atoms with Crippen molar-refractivity contribution in [1.82, 2.24) is 0 Å². The molecule has 1 atom stereocenters. The predicted molar refractivity (Wildman–Crippen MR) is 88.3 cm³/mol. The lowest BCUT2D eigenvalue weighted by atomic mass is 9.99. The van der Waals surface area contributed by atoms with Crippen LogP contribution in [-0.4, -0.2) is 18.1 Å². The topological polar surface area (TPSA) is 29.3 Å². The molecular formula is C17H18N2S. The van der Waals surface area contributed by atoms with Crippen LogP contribution in [0.2, 0.25) is 0 Å². The summed E-state index contributed by atoms with van der Waals surface area (Å²) in [6, 6.07) is 19.0. The molecule has 1 saturated heterocycles. The van der Waals surface area contributed by atoms with Gasteiger partial charge < -0.3 is 10.6 Å². The van der Waals surface area contributed by atoms with Crippen molar-refractivity contribution in [3.8, 4) is 0 Å². The predicted octanol–water partition coefficient (Wildman–Crippen LogP) is 3.31. The zero-order chi connectivity index (χ0) is 13.9. The Kier molecular flexibility index (Phi) is 3.70. The van der Waals surface area contributed by atoms with Gasteiger partial charge in [0.2, 0.25) is 0 Å². The van der Waals surface area contributed by atoms with Crippen molar-refractivity contribution in [1.29, 1.82) is 0 Å². The second-order valence-electron chi connectivity index (χ2n) is 5.25. The molecule has 0 amide bonds. The standard InChI is InChI=1S/C17H18N2S/c18-17(20)14-6-8-16(9-7-14)19-11-10-15(12-19)13-4-2-1-3-5-13/h1-9,15H,10-12H2,(H2,18,20). The van der Waals surface area contributed by atoms with Gasteiger partial charge in [-0.25, -0.2) is 0 Å². The van der Waals surface area contributed by atoms with Crippen molar-refractivity contribution < 1.29 is 0 Å². The lowest BCUT2D eigenvalue weighted by molar-refractivity contribution is 0.775. The van der Waals surface area contributed by atoms with E-state index in [1.807, 2.05) is 12.1 Å². The van der Waals surface area contributed by atoms with E-state index < -0.39 is 0 Å². The first-order chi connectivity index (χ1) is 9.74. The van der Waals surface area contributed by atoms with E-state index in [0.29, 0.717) is 10.9 Å². The fourth-order valence-electron chi connectivity index (χ4n) is 2.83. The summed E-state index contributed by atoms with van der Waals surface area (Å²) < 4.78 is 0. The van der Waals surface area contributed by atoms with E-state index in [1.165, 1.54) is 17.7 Å². The molecule has 1 heterocycles. The van der Waals surface area contributed by atoms with Crippen molar-refractivity contribution in [2.24, 2.45) is 5.73 Å². The number of benzene rings is 2. The minimum Gasteiger partial charge on any atom is -0.389 e. The van der Waals surface area contributed by atoms with Crippen molar-refractivity contribution in [3.05, 3.63) is 65.7 Å². The van der Waals surface area contributed by atoms with E-state index >= 15 is 0 Å². The number of hydrogen-bond acceptors (Lipinski definition) is 2. The average Bonchev–Trinajstić information content (AvgIpc) is 2.98. The SMILES string of the molecule is NC(=S)c1ccc(N2CCC(c3ccccc3)C2)cc1. The number of nitrogens with zero attached hydrogens (tertiary/aromatic N) is 1. The smallest absolute Gasteiger partial charge is 0.103 e. The fraction of sp³-hybridized carbons (Fsp3) is 0.235. The first kappa shape index (κ1) is 13.1. The Labute approximate surface area is 125 Å². The molecular weight excluding hydrogens is 264 g/mol. The van der Waals surface area contributed by atoms with E-state index in [4.69, 9.17) is 18.0 Å². The van der Waals surface area contributed by atoms with Gasteiger partial charge in [-0.3, -0.25) is 0 Å². The van der Waals surface area contributed by atoms with Crippen LogP contribution in [0.15, 0.2) is 54.6 Å². The molecule has 3 heteroatoms. The third-order valence-corrected chi connectivity index (χ3v) is 4.21. The van der Waals surface area contributed by atoms with Gasteiger partial charge in [0.1, 0.15) is 4.99 Å². The molecule has 0 aliphatic carbocycles. The largest absolute Gasteiger partial charge is 0.389 e. The van der Waals surface area contributed by atoms with E-state index in [0.717, 1.165) is 18.7 Å². The van der Waals surface area contributed by atoms with Crippen LogP contribution in [0.1, 0.15) is 23.5 Å². The van der Waals surface area contributed by atoms with Gasteiger partial charge in [-0.2, -0.15) is 0 Å². The summed E-state index contributed by atoms with van der Waals surface area (Å²) in [5.74, 6) is 0.631. The lowest BCUT2D eigenvalue weighted by Crippen LogP contribution is -2.19. The molecule has 1 fully saturated rings. The molecule has 0 radical (unpaired) electrons. The van der Waals surface area contributed by atoms with Gasteiger partial charge in [0.15, 0.2) is 0 Å². The summed E-state index contributed by atoms with van der Waals surface area (Å²) in [5, 5.41) is 0. The Morgan fingerprint density at radius 2 is 1.75 bits per heavy atom. The maximum atomic E-state index is 5.63. The van der Waals surface area contributed by atoms with Crippen LogP contribution in [-0.2, 0) is 0 Å². The van der Waals surface area contributed by atoms with Crippen LogP contribution in [0.5, 0.6) is 0 Å². The molecule has 2 nitrogen and oxygen atoms in total. The minimum absolute atomic E-state index is 0.458. The van der Waals surface area contributed by atoms with Crippen LogP contribution in [0.4, 0.5) is 5.69 Å². The molecule has 20 heavy (non-hydrogen) atoms. The lowest BCUT2D eigenvalue weighted by Gasteiger charge is -2.19. The summed E-state index contributed by atoms with van der Waals surface area (Å²) in [6.45, 7) is 2.18. The molecule has 1 unspecified atom stereocenters. The first-order valence-electron chi connectivity index (χ1n) is 6.94. The van der Waals surface area contributed by atoms with E-state index in [-0.39, 0.29) is 0 Å². The quantitative estimate of drug-likeness (QED) is 0.876. The zero-order valence-electron chi connectivity index (χ0n) is 11.3. The van der Waals surface area contributed by atoms with Crippen LogP contribution in [0, 0.1) is 0 Å². The third-order valence-electron chi connectivity index (χ3n) is 3.98. The minimum atomic E-state index is 0.458. The highest BCUT2D eigenvalue weighted by Crippen LogP contribution is 2.30. The van der Waals surface area contributed by atoms with Crippen molar-refractivity contribution in [3.63, 3.8) is 0 Å². The highest BCUT2D eigenvalue weighted by Gasteiger charge is 2.23. The number of hydrogen-bond donors (Lipinski definition) is 1. The van der Waals surface area contributed by atoms with Gasteiger partial charge in [0.05, 0.1) is 0 Å². The van der Waals surface area contributed by atoms with Crippen molar-refractivity contribution in [2.45, 2.75) is 12.3 Å². The summed E-state index contributed by atoms with van der Waals surface area (Å²) >= 11 is 4.99. The van der Waals surface area contributed by atoms with Crippen molar-refractivity contribution in [2.75, 3.05) is 18.0 Å².